The SMILES string of the molecule is CCNC(C)c1ccc(N2CCS(=O)CC2)c(F)c1. The van der Waals surface area contributed by atoms with Crippen LogP contribution in [0.1, 0.15) is 25.5 Å². The zero-order valence-corrected chi connectivity index (χ0v) is 12.3. The molecule has 1 aromatic carbocycles. The van der Waals surface area contributed by atoms with Gasteiger partial charge >= 0.3 is 0 Å². The van der Waals surface area contributed by atoms with Gasteiger partial charge in [-0.05, 0) is 31.2 Å². The van der Waals surface area contributed by atoms with E-state index in [1.807, 2.05) is 30.9 Å². The van der Waals surface area contributed by atoms with Crippen molar-refractivity contribution in [2.75, 3.05) is 36.0 Å². The van der Waals surface area contributed by atoms with E-state index in [1.54, 1.807) is 6.07 Å². The number of rotatable bonds is 4. The molecule has 19 heavy (non-hydrogen) atoms. The molecule has 1 aliphatic heterocycles. The molecule has 0 bridgehead atoms. The predicted octanol–water partition coefficient (Wildman–Crippen LogP) is 2.06. The summed E-state index contributed by atoms with van der Waals surface area (Å²) in [6, 6.07) is 5.57. The summed E-state index contributed by atoms with van der Waals surface area (Å²) < 4.78 is 25.5. The van der Waals surface area contributed by atoms with Crippen LogP contribution in [-0.2, 0) is 10.8 Å². The van der Waals surface area contributed by atoms with Gasteiger partial charge in [-0.15, -0.1) is 0 Å². The third-order valence-corrected chi connectivity index (χ3v) is 4.78. The van der Waals surface area contributed by atoms with Gasteiger partial charge in [0.15, 0.2) is 0 Å². The second kappa shape index (κ2) is 6.48. The van der Waals surface area contributed by atoms with Gasteiger partial charge in [-0.1, -0.05) is 13.0 Å². The number of nitrogens with one attached hydrogen (secondary N) is 1. The molecule has 1 atom stereocenters. The topological polar surface area (TPSA) is 32.3 Å². The van der Waals surface area contributed by atoms with Crippen LogP contribution in [0, 0.1) is 5.82 Å². The van der Waals surface area contributed by atoms with E-state index < -0.39 is 10.8 Å². The maximum Gasteiger partial charge on any atom is 0.146 e. The predicted molar refractivity (Wildman–Crippen MR) is 78.6 cm³/mol. The van der Waals surface area contributed by atoms with Crippen LogP contribution in [-0.4, -0.2) is 35.3 Å². The van der Waals surface area contributed by atoms with Crippen LogP contribution in [0.4, 0.5) is 10.1 Å². The van der Waals surface area contributed by atoms with Gasteiger partial charge in [0.05, 0.1) is 5.69 Å². The second-order valence-electron chi connectivity index (χ2n) is 4.83. The Labute approximate surface area is 116 Å². The Morgan fingerprint density at radius 2 is 2.11 bits per heavy atom. The van der Waals surface area contributed by atoms with Crippen molar-refractivity contribution in [2.45, 2.75) is 19.9 Å². The Bertz CT molecular complexity index is 457. The Hall–Kier alpha value is -0.940. The third kappa shape index (κ3) is 3.54. The van der Waals surface area contributed by atoms with Crippen molar-refractivity contribution >= 4 is 16.5 Å². The average Bonchev–Trinajstić information content (AvgIpc) is 2.40. The van der Waals surface area contributed by atoms with E-state index in [2.05, 4.69) is 5.32 Å². The maximum absolute atomic E-state index is 14.2. The smallest absolute Gasteiger partial charge is 0.146 e. The standard InChI is InChI=1S/C14H21FN2OS/c1-3-16-11(2)12-4-5-14(13(15)10-12)17-6-8-19(18)9-7-17/h4-5,10-11,16H,3,6-9H2,1-2H3. The zero-order valence-electron chi connectivity index (χ0n) is 11.5. The van der Waals surface area contributed by atoms with Crippen molar-refractivity contribution in [3.05, 3.63) is 29.6 Å². The van der Waals surface area contributed by atoms with E-state index >= 15 is 0 Å². The van der Waals surface area contributed by atoms with Gasteiger partial charge in [0.1, 0.15) is 5.82 Å². The van der Waals surface area contributed by atoms with Crippen molar-refractivity contribution in [3.63, 3.8) is 0 Å². The molecule has 1 fully saturated rings. The summed E-state index contributed by atoms with van der Waals surface area (Å²) in [5, 5.41) is 3.27. The first kappa shape index (κ1) is 14.5. The Morgan fingerprint density at radius 3 is 2.68 bits per heavy atom. The normalized spacial score (nSPS) is 18.6. The maximum atomic E-state index is 14.2. The van der Waals surface area contributed by atoms with E-state index in [-0.39, 0.29) is 11.9 Å². The number of hydrogen-bond acceptors (Lipinski definition) is 3. The van der Waals surface area contributed by atoms with Crippen LogP contribution in [0.25, 0.3) is 0 Å². The quantitative estimate of drug-likeness (QED) is 0.918. The number of nitrogens with zero attached hydrogens (tertiary/aromatic N) is 1. The number of anilines is 1. The number of hydrogen-bond donors (Lipinski definition) is 1. The fourth-order valence-electron chi connectivity index (χ4n) is 2.35. The van der Waals surface area contributed by atoms with Crippen molar-refractivity contribution < 1.29 is 8.60 Å². The number of benzene rings is 1. The summed E-state index contributed by atoms with van der Waals surface area (Å²) in [4.78, 5) is 1.98. The summed E-state index contributed by atoms with van der Waals surface area (Å²) in [5.41, 5.74) is 1.59. The lowest BCUT2D eigenvalue weighted by atomic mass is 10.1. The van der Waals surface area contributed by atoms with Gasteiger partial charge in [-0.3, -0.25) is 4.21 Å². The van der Waals surface area contributed by atoms with Crippen molar-refractivity contribution in [3.8, 4) is 0 Å². The van der Waals surface area contributed by atoms with E-state index in [0.717, 1.165) is 12.1 Å². The average molecular weight is 284 g/mol. The first-order valence-electron chi connectivity index (χ1n) is 6.74. The summed E-state index contributed by atoms with van der Waals surface area (Å²) in [6.45, 7) is 6.27. The molecule has 1 unspecified atom stereocenters. The molecule has 0 radical (unpaired) electrons. The lowest BCUT2D eigenvalue weighted by Crippen LogP contribution is -2.38. The minimum atomic E-state index is -0.730. The van der Waals surface area contributed by atoms with Crippen molar-refractivity contribution in [1.29, 1.82) is 0 Å². The molecule has 2 rings (SSSR count). The van der Waals surface area contributed by atoms with Crippen LogP contribution in [0.3, 0.4) is 0 Å². The van der Waals surface area contributed by atoms with Gasteiger partial charge in [0.2, 0.25) is 0 Å². The molecule has 0 aliphatic carbocycles. The summed E-state index contributed by atoms with van der Waals surface area (Å²) >= 11 is 0. The molecule has 1 N–H and O–H groups in total. The molecular weight excluding hydrogens is 263 g/mol. The Balaban J connectivity index is 2.13. The molecule has 0 aromatic heterocycles. The fourth-order valence-corrected chi connectivity index (χ4v) is 3.40. The Morgan fingerprint density at radius 1 is 1.42 bits per heavy atom. The first-order chi connectivity index (χ1) is 9.11. The van der Waals surface area contributed by atoms with Gasteiger partial charge in [0.25, 0.3) is 0 Å². The highest BCUT2D eigenvalue weighted by Crippen LogP contribution is 2.24. The van der Waals surface area contributed by atoms with E-state index in [1.165, 1.54) is 0 Å². The fraction of sp³-hybridized carbons (Fsp3) is 0.571. The van der Waals surface area contributed by atoms with E-state index in [9.17, 15) is 8.60 Å². The van der Waals surface area contributed by atoms with E-state index in [0.29, 0.717) is 30.3 Å². The van der Waals surface area contributed by atoms with Crippen LogP contribution in [0.15, 0.2) is 18.2 Å². The number of halogens is 1. The molecule has 3 nitrogen and oxygen atoms in total. The molecule has 0 saturated carbocycles. The molecule has 1 saturated heterocycles. The molecule has 1 heterocycles. The Kier molecular flexibility index (Phi) is 4.93. The molecule has 0 amide bonds. The van der Waals surface area contributed by atoms with Crippen LogP contribution >= 0.6 is 0 Å². The highest BCUT2D eigenvalue weighted by atomic mass is 32.2. The summed E-state index contributed by atoms with van der Waals surface area (Å²) in [6.07, 6.45) is 0. The molecule has 1 aromatic rings. The highest BCUT2D eigenvalue weighted by Gasteiger charge is 2.19. The minimum absolute atomic E-state index is 0.155. The van der Waals surface area contributed by atoms with Gasteiger partial charge in [0, 0.05) is 41.4 Å². The first-order valence-corrected chi connectivity index (χ1v) is 8.23. The highest BCUT2D eigenvalue weighted by molar-refractivity contribution is 7.85. The van der Waals surface area contributed by atoms with Crippen LogP contribution in [0.5, 0.6) is 0 Å². The van der Waals surface area contributed by atoms with Gasteiger partial charge in [-0.25, -0.2) is 4.39 Å². The van der Waals surface area contributed by atoms with Crippen molar-refractivity contribution in [1.82, 2.24) is 5.32 Å². The van der Waals surface area contributed by atoms with Gasteiger partial charge < -0.3 is 10.2 Å². The van der Waals surface area contributed by atoms with Crippen LogP contribution in [0.2, 0.25) is 0 Å². The summed E-state index contributed by atoms with van der Waals surface area (Å²) in [5.74, 6) is 1.08. The zero-order chi connectivity index (χ0) is 13.8. The molecule has 0 spiro atoms. The molecule has 5 heteroatoms. The molecule has 106 valence electrons. The van der Waals surface area contributed by atoms with Crippen LogP contribution < -0.4 is 10.2 Å². The lowest BCUT2D eigenvalue weighted by Gasteiger charge is -2.29. The minimum Gasteiger partial charge on any atom is -0.367 e. The molecule has 1 aliphatic rings. The van der Waals surface area contributed by atoms with Crippen molar-refractivity contribution in [2.24, 2.45) is 0 Å². The van der Waals surface area contributed by atoms with E-state index in [4.69, 9.17) is 0 Å². The summed E-state index contributed by atoms with van der Waals surface area (Å²) in [7, 11) is -0.730. The largest absolute Gasteiger partial charge is 0.367 e. The third-order valence-electron chi connectivity index (χ3n) is 3.50. The monoisotopic (exact) mass is 284 g/mol. The second-order valence-corrected chi connectivity index (χ2v) is 6.52. The molecular formula is C14H21FN2OS. The van der Waals surface area contributed by atoms with Gasteiger partial charge in [-0.2, -0.15) is 0 Å². The lowest BCUT2D eigenvalue weighted by molar-refractivity contribution is 0.580.